The summed E-state index contributed by atoms with van der Waals surface area (Å²) in [7, 11) is 1.60. The predicted octanol–water partition coefficient (Wildman–Crippen LogP) is 5.58. The number of hydrogen-bond donors (Lipinski definition) is 1. The van der Waals surface area contributed by atoms with Crippen LogP contribution in [-0.2, 0) is 0 Å². The lowest BCUT2D eigenvalue weighted by Gasteiger charge is -2.33. The highest BCUT2D eigenvalue weighted by Gasteiger charge is 2.19. The van der Waals surface area contributed by atoms with Crippen LogP contribution in [0.4, 0.5) is 5.69 Å². The van der Waals surface area contributed by atoms with Gasteiger partial charge in [0.2, 0.25) is 0 Å². The minimum Gasteiger partial charge on any atom is -0.496 e. The molecule has 0 saturated carbocycles. The molecule has 1 saturated heterocycles. The van der Waals surface area contributed by atoms with E-state index in [1.807, 2.05) is 43.3 Å². The Morgan fingerprint density at radius 2 is 1.80 bits per heavy atom. The maximum Gasteiger partial charge on any atom is 0.255 e. The highest BCUT2D eigenvalue weighted by Crippen LogP contribution is 2.28. The Morgan fingerprint density at radius 3 is 2.47 bits per heavy atom. The zero-order valence-electron chi connectivity index (χ0n) is 18.0. The molecule has 1 aliphatic rings. The SMILES string of the molecule is COc1cc2ccccc2cc1C(=O)N[C@H](C)c1ccc(N2CCC[C@@H](C)C2)cc1. The van der Waals surface area contributed by atoms with Crippen molar-refractivity contribution in [2.24, 2.45) is 5.92 Å². The zero-order chi connectivity index (χ0) is 21.1. The van der Waals surface area contributed by atoms with Gasteiger partial charge in [-0.15, -0.1) is 0 Å². The Morgan fingerprint density at radius 1 is 1.10 bits per heavy atom. The molecule has 0 aliphatic carbocycles. The number of fused-ring (bicyclic) bond motifs is 1. The van der Waals surface area contributed by atoms with Crippen molar-refractivity contribution in [1.82, 2.24) is 5.32 Å². The van der Waals surface area contributed by atoms with Crippen molar-refractivity contribution < 1.29 is 9.53 Å². The van der Waals surface area contributed by atoms with Gasteiger partial charge in [0.1, 0.15) is 5.75 Å². The summed E-state index contributed by atoms with van der Waals surface area (Å²) in [6.07, 6.45) is 2.57. The lowest BCUT2D eigenvalue weighted by molar-refractivity contribution is 0.0937. The molecule has 4 heteroatoms. The number of carbonyl (C=O) groups is 1. The summed E-state index contributed by atoms with van der Waals surface area (Å²) in [5.74, 6) is 1.21. The zero-order valence-corrected chi connectivity index (χ0v) is 18.0. The number of nitrogens with one attached hydrogen (secondary N) is 1. The van der Waals surface area contributed by atoms with Crippen LogP contribution in [0.2, 0.25) is 0 Å². The molecule has 1 heterocycles. The van der Waals surface area contributed by atoms with Gasteiger partial charge >= 0.3 is 0 Å². The van der Waals surface area contributed by atoms with Crippen LogP contribution >= 0.6 is 0 Å². The summed E-state index contributed by atoms with van der Waals surface area (Å²) in [6, 6.07) is 20.3. The Labute approximate surface area is 178 Å². The van der Waals surface area contributed by atoms with Crippen LogP contribution in [0.15, 0.2) is 60.7 Å². The van der Waals surface area contributed by atoms with E-state index in [1.54, 1.807) is 7.11 Å². The first-order valence-corrected chi connectivity index (χ1v) is 10.8. The van der Waals surface area contributed by atoms with Crippen molar-refractivity contribution in [3.8, 4) is 5.75 Å². The fourth-order valence-electron chi connectivity index (χ4n) is 4.32. The molecule has 1 amide bonds. The summed E-state index contributed by atoms with van der Waals surface area (Å²) in [4.78, 5) is 15.5. The molecule has 30 heavy (non-hydrogen) atoms. The number of rotatable bonds is 5. The number of ether oxygens (including phenoxy) is 1. The molecular weight excluding hydrogens is 372 g/mol. The number of anilines is 1. The van der Waals surface area contributed by atoms with E-state index in [-0.39, 0.29) is 11.9 Å². The summed E-state index contributed by atoms with van der Waals surface area (Å²) < 4.78 is 5.49. The molecular formula is C26H30N2O2. The molecule has 0 bridgehead atoms. The van der Waals surface area contributed by atoms with Crippen LogP contribution in [0.3, 0.4) is 0 Å². The Hall–Kier alpha value is -3.01. The van der Waals surface area contributed by atoms with E-state index in [4.69, 9.17) is 4.74 Å². The van der Waals surface area contributed by atoms with Crippen LogP contribution in [0.5, 0.6) is 5.75 Å². The van der Waals surface area contributed by atoms with Gasteiger partial charge in [0.25, 0.3) is 5.91 Å². The maximum absolute atomic E-state index is 13.0. The van der Waals surface area contributed by atoms with Gasteiger partial charge in [-0.05, 0) is 66.3 Å². The van der Waals surface area contributed by atoms with Crippen molar-refractivity contribution in [2.45, 2.75) is 32.7 Å². The minimum atomic E-state index is -0.126. The molecule has 4 nitrogen and oxygen atoms in total. The topological polar surface area (TPSA) is 41.6 Å². The van der Waals surface area contributed by atoms with Gasteiger partial charge in [-0.25, -0.2) is 0 Å². The Balaban J connectivity index is 1.49. The van der Waals surface area contributed by atoms with E-state index in [9.17, 15) is 4.79 Å². The third-order valence-corrected chi connectivity index (χ3v) is 6.08. The first-order chi connectivity index (χ1) is 14.5. The average molecular weight is 403 g/mol. The molecule has 3 aromatic rings. The van der Waals surface area contributed by atoms with Crippen molar-refractivity contribution in [3.05, 3.63) is 71.8 Å². The molecule has 0 aromatic heterocycles. The van der Waals surface area contributed by atoms with Crippen LogP contribution in [0.1, 0.15) is 48.7 Å². The van der Waals surface area contributed by atoms with E-state index in [0.717, 1.165) is 35.3 Å². The van der Waals surface area contributed by atoms with E-state index in [1.165, 1.54) is 18.5 Å². The third-order valence-electron chi connectivity index (χ3n) is 6.08. The predicted molar refractivity (Wildman–Crippen MR) is 123 cm³/mol. The molecule has 2 atom stereocenters. The van der Waals surface area contributed by atoms with Crippen LogP contribution < -0.4 is 15.0 Å². The van der Waals surface area contributed by atoms with Crippen LogP contribution in [-0.4, -0.2) is 26.1 Å². The van der Waals surface area contributed by atoms with E-state index >= 15 is 0 Å². The molecule has 0 radical (unpaired) electrons. The fraction of sp³-hybridized carbons (Fsp3) is 0.346. The second kappa shape index (κ2) is 8.78. The molecule has 1 N–H and O–H groups in total. The average Bonchev–Trinajstić information content (AvgIpc) is 2.78. The molecule has 1 aliphatic heterocycles. The van der Waals surface area contributed by atoms with Gasteiger partial charge in [-0.1, -0.05) is 43.3 Å². The van der Waals surface area contributed by atoms with E-state index in [0.29, 0.717) is 11.3 Å². The fourth-order valence-corrected chi connectivity index (χ4v) is 4.32. The number of benzene rings is 3. The second-order valence-electron chi connectivity index (χ2n) is 8.38. The van der Waals surface area contributed by atoms with Gasteiger partial charge in [0.15, 0.2) is 0 Å². The summed E-state index contributed by atoms with van der Waals surface area (Å²) >= 11 is 0. The smallest absolute Gasteiger partial charge is 0.255 e. The number of nitrogens with zero attached hydrogens (tertiary/aromatic N) is 1. The largest absolute Gasteiger partial charge is 0.496 e. The van der Waals surface area contributed by atoms with Crippen LogP contribution in [0, 0.1) is 5.92 Å². The molecule has 0 unspecified atom stereocenters. The lowest BCUT2D eigenvalue weighted by atomic mass is 9.99. The molecule has 0 spiro atoms. The van der Waals surface area contributed by atoms with Gasteiger partial charge in [0.05, 0.1) is 18.7 Å². The Kier molecular flexibility index (Phi) is 5.93. The molecule has 156 valence electrons. The summed E-state index contributed by atoms with van der Waals surface area (Å²) in [5.41, 5.74) is 2.92. The normalized spacial score (nSPS) is 17.6. The maximum atomic E-state index is 13.0. The number of piperidine rings is 1. The second-order valence-corrected chi connectivity index (χ2v) is 8.38. The molecule has 1 fully saturated rings. The standard InChI is InChI=1S/C26H30N2O2/c1-18-7-6-14-28(17-18)23-12-10-20(11-13-23)19(2)27-26(29)24-15-21-8-4-5-9-22(21)16-25(24)30-3/h4-5,8-13,15-16,18-19H,6-7,14,17H2,1-3H3,(H,27,29)/t18-,19-/m1/s1. The van der Waals surface area contributed by atoms with Crippen molar-refractivity contribution in [3.63, 3.8) is 0 Å². The first kappa shape index (κ1) is 20.3. The van der Waals surface area contributed by atoms with Crippen molar-refractivity contribution in [1.29, 1.82) is 0 Å². The summed E-state index contributed by atoms with van der Waals surface area (Å²) in [5, 5.41) is 5.21. The quantitative estimate of drug-likeness (QED) is 0.606. The molecule has 3 aromatic carbocycles. The van der Waals surface area contributed by atoms with Gasteiger partial charge in [0, 0.05) is 18.8 Å². The van der Waals surface area contributed by atoms with Gasteiger partial charge < -0.3 is 15.0 Å². The van der Waals surface area contributed by atoms with Gasteiger partial charge in [-0.3, -0.25) is 4.79 Å². The third kappa shape index (κ3) is 4.28. The van der Waals surface area contributed by atoms with Crippen molar-refractivity contribution >= 4 is 22.4 Å². The highest BCUT2D eigenvalue weighted by molar-refractivity contribution is 6.01. The summed E-state index contributed by atoms with van der Waals surface area (Å²) in [6.45, 7) is 6.58. The number of carbonyl (C=O) groups excluding carboxylic acids is 1. The lowest BCUT2D eigenvalue weighted by Crippen LogP contribution is -2.34. The first-order valence-electron chi connectivity index (χ1n) is 10.8. The van der Waals surface area contributed by atoms with E-state index < -0.39 is 0 Å². The van der Waals surface area contributed by atoms with Gasteiger partial charge in [-0.2, -0.15) is 0 Å². The number of hydrogen-bond acceptors (Lipinski definition) is 3. The minimum absolute atomic E-state index is 0.0944. The molecule has 4 rings (SSSR count). The highest BCUT2D eigenvalue weighted by atomic mass is 16.5. The van der Waals surface area contributed by atoms with Crippen LogP contribution in [0.25, 0.3) is 10.8 Å². The Bertz CT molecular complexity index is 1030. The van der Waals surface area contributed by atoms with Crippen molar-refractivity contribution in [2.75, 3.05) is 25.1 Å². The number of amides is 1. The monoisotopic (exact) mass is 402 g/mol. The van der Waals surface area contributed by atoms with E-state index in [2.05, 4.69) is 41.4 Å². The number of methoxy groups -OCH3 is 1.